The Bertz CT molecular complexity index is 948. The van der Waals surface area contributed by atoms with Crippen LogP contribution in [0.2, 0.25) is 0 Å². The number of hydrogen-bond donors (Lipinski definition) is 2. The van der Waals surface area contributed by atoms with Crippen LogP contribution in [0, 0.1) is 0 Å². The lowest BCUT2D eigenvalue weighted by Crippen LogP contribution is -2.21. The van der Waals surface area contributed by atoms with Crippen molar-refractivity contribution in [3.63, 3.8) is 0 Å². The van der Waals surface area contributed by atoms with Crippen LogP contribution in [0.15, 0.2) is 51.8 Å². The van der Waals surface area contributed by atoms with Gasteiger partial charge >= 0.3 is 5.69 Å². The zero-order valence-electron chi connectivity index (χ0n) is 12.4. The summed E-state index contributed by atoms with van der Waals surface area (Å²) in [5.74, 6) is 0.861. The summed E-state index contributed by atoms with van der Waals surface area (Å²) in [6.45, 7) is -0.398. The first-order chi connectivity index (χ1) is 11.7. The van der Waals surface area contributed by atoms with Crippen LogP contribution >= 0.6 is 0 Å². The Balaban J connectivity index is 1.79. The maximum absolute atomic E-state index is 12.0. The number of aliphatic hydroxyl groups is 1. The predicted octanol–water partition coefficient (Wildman–Crippen LogP) is 1.37. The van der Waals surface area contributed by atoms with Gasteiger partial charge in [-0.1, -0.05) is 30.3 Å². The van der Waals surface area contributed by atoms with Crippen LogP contribution in [0.5, 0.6) is 11.5 Å². The molecular weight excluding hydrogens is 314 g/mol. The number of aliphatic hydroxyl groups excluding tert-OH is 1. The Labute approximate surface area is 135 Å². The molecule has 0 saturated heterocycles. The number of aromatic nitrogens is 2. The third-order valence-electron chi connectivity index (χ3n) is 3.58. The highest BCUT2D eigenvalue weighted by molar-refractivity contribution is 5.56. The van der Waals surface area contributed by atoms with Crippen LogP contribution in [0.1, 0.15) is 17.6 Å². The second kappa shape index (κ2) is 5.43. The van der Waals surface area contributed by atoms with E-state index in [1.807, 2.05) is 30.3 Å². The van der Waals surface area contributed by atoms with Crippen molar-refractivity contribution in [2.45, 2.75) is 12.9 Å². The van der Waals surface area contributed by atoms with Crippen molar-refractivity contribution >= 4 is 5.82 Å². The zero-order valence-corrected chi connectivity index (χ0v) is 12.4. The van der Waals surface area contributed by atoms with Crippen molar-refractivity contribution in [1.29, 1.82) is 0 Å². The van der Waals surface area contributed by atoms with Gasteiger partial charge in [0.2, 0.25) is 11.5 Å². The smallest absolute Gasteiger partial charge is 0.356 e. The van der Waals surface area contributed by atoms with Gasteiger partial charge in [0.25, 0.3) is 12.2 Å². The molecule has 1 aliphatic heterocycles. The first kappa shape index (κ1) is 14.3. The van der Waals surface area contributed by atoms with Gasteiger partial charge in [0.1, 0.15) is 12.4 Å². The summed E-state index contributed by atoms with van der Waals surface area (Å²) in [7, 11) is 0. The summed E-state index contributed by atoms with van der Waals surface area (Å²) in [6, 6.07) is 10.8. The van der Waals surface area contributed by atoms with Gasteiger partial charge in [-0.2, -0.15) is 4.98 Å². The molecule has 0 saturated carbocycles. The topological polar surface area (TPSA) is 113 Å². The second-order valence-electron chi connectivity index (χ2n) is 5.13. The van der Waals surface area contributed by atoms with E-state index in [1.54, 1.807) is 0 Å². The highest BCUT2D eigenvalue weighted by Crippen LogP contribution is 2.48. The fraction of sp³-hybridized carbons (Fsp3) is 0.125. The van der Waals surface area contributed by atoms with E-state index >= 15 is 0 Å². The molecule has 0 spiro atoms. The minimum Gasteiger partial charge on any atom is -0.443 e. The van der Waals surface area contributed by atoms with E-state index in [0.717, 1.165) is 10.1 Å². The molecule has 1 aliphatic rings. The van der Waals surface area contributed by atoms with Crippen LogP contribution in [0.3, 0.4) is 0 Å². The third-order valence-corrected chi connectivity index (χ3v) is 3.58. The number of nitrogens with zero attached hydrogens (tertiary/aromatic N) is 2. The van der Waals surface area contributed by atoms with Crippen molar-refractivity contribution in [1.82, 2.24) is 9.55 Å². The Morgan fingerprint density at radius 2 is 1.92 bits per heavy atom. The second-order valence-corrected chi connectivity index (χ2v) is 5.13. The molecule has 0 radical (unpaired) electrons. The molecule has 8 heteroatoms. The first-order valence-electron chi connectivity index (χ1n) is 7.17. The number of fused-ring (bicyclic) bond motifs is 1. The summed E-state index contributed by atoms with van der Waals surface area (Å²) >= 11 is 0. The lowest BCUT2D eigenvalue weighted by Gasteiger charge is -2.12. The number of furan rings is 1. The molecule has 3 heterocycles. The standard InChI is InChI=1S/C16H13N3O5/c17-11-6-7-19(16(21)18-11)14-13-12(10(8-20)22-14)23-15(24-13)9-4-2-1-3-5-9/h1-7,15,20H,8H2,(H2,17,18,21). The molecule has 0 amide bonds. The van der Waals surface area contributed by atoms with Crippen molar-refractivity contribution < 1.29 is 19.0 Å². The lowest BCUT2D eigenvalue weighted by atomic mass is 10.2. The minimum atomic E-state index is -0.686. The molecule has 0 bridgehead atoms. The SMILES string of the molecule is Nc1ccn(-c2oc(CO)c3c2OC(c2ccccc2)O3)c(=O)n1. The van der Waals surface area contributed by atoms with Crippen molar-refractivity contribution in [3.8, 4) is 17.4 Å². The highest BCUT2D eigenvalue weighted by Gasteiger charge is 2.36. The number of ether oxygens (including phenoxy) is 2. The molecule has 1 atom stereocenters. The molecule has 24 heavy (non-hydrogen) atoms. The molecule has 0 aliphatic carbocycles. The maximum atomic E-state index is 12.0. The van der Waals surface area contributed by atoms with E-state index < -0.39 is 18.6 Å². The van der Waals surface area contributed by atoms with Gasteiger partial charge in [-0.15, -0.1) is 0 Å². The van der Waals surface area contributed by atoms with Crippen LogP contribution in [-0.2, 0) is 6.61 Å². The summed E-state index contributed by atoms with van der Waals surface area (Å²) in [4.78, 5) is 15.7. The van der Waals surface area contributed by atoms with Gasteiger partial charge in [-0.25, -0.2) is 9.36 Å². The van der Waals surface area contributed by atoms with Crippen molar-refractivity contribution in [2.75, 3.05) is 5.73 Å². The lowest BCUT2D eigenvalue weighted by molar-refractivity contribution is 0.0416. The summed E-state index contributed by atoms with van der Waals surface area (Å²) in [5, 5.41) is 9.48. The molecular formula is C16H13N3O5. The van der Waals surface area contributed by atoms with Crippen LogP contribution in [0.25, 0.3) is 5.88 Å². The van der Waals surface area contributed by atoms with Gasteiger partial charge in [0.05, 0.1) is 0 Å². The van der Waals surface area contributed by atoms with Crippen LogP contribution < -0.4 is 20.9 Å². The average Bonchev–Trinajstić information content (AvgIpc) is 3.15. The third kappa shape index (κ3) is 2.20. The number of anilines is 1. The summed E-state index contributed by atoms with van der Waals surface area (Å²) in [6.07, 6.45) is 0.735. The Kier molecular flexibility index (Phi) is 3.24. The fourth-order valence-corrected chi connectivity index (χ4v) is 2.47. The van der Waals surface area contributed by atoms with E-state index in [9.17, 15) is 9.90 Å². The Morgan fingerprint density at radius 1 is 1.17 bits per heavy atom. The molecule has 2 aromatic heterocycles. The normalized spacial score (nSPS) is 15.6. The quantitative estimate of drug-likeness (QED) is 0.747. The van der Waals surface area contributed by atoms with Gasteiger partial charge in [-0.05, 0) is 6.07 Å². The molecule has 1 unspecified atom stereocenters. The molecule has 4 rings (SSSR count). The van der Waals surface area contributed by atoms with Gasteiger partial charge in [0, 0.05) is 11.8 Å². The van der Waals surface area contributed by atoms with E-state index in [-0.39, 0.29) is 29.0 Å². The van der Waals surface area contributed by atoms with Crippen LogP contribution in [-0.4, -0.2) is 14.7 Å². The molecule has 8 nitrogen and oxygen atoms in total. The Hall–Kier alpha value is -3.26. The fourth-order valence-electron chi connectivity index (χ4n) is 2.47. The van der Waals surface area contributed by atoms with Crippen molar-refractivity contribution in [3.05, 3.63) is 64.4 Å². The molecule has 3 N–H and O–H groups in total. The predicted molar refractivity (Wildman–Crippen MR) is 82.9 cm³/mol. The number of rotatable bonds is 3. The van der Waals surface area contributed by atoms with Gasteiger partial charge in [0.15, 0.2) is 5.76 Å². The number of nitrogen functional groups attached to an aromatic ring is 1. The van der Waals surface area contributed by atoms with Gasteiger partial charge < -0.3 is 24.7 Å². The van der Waals surface area contributed by atoms with Crippen molar-refractivity contribution in [2.24, 2.45) is 0 Å². The van der Waals surface area contributed by atoms with Gasteiger partial charge in [-0.3, -0.25) is 0 Å². The average molecular weight is 327 g/mol. The summed E-state index contributed by atoms with van der Waals surface area (Å²) < 4.78 is 18.2. The number of nitrogens with two attached hydrogens (primary N) is 1. The van der Waals surface area contributed by atoms with E-state index in [0.29, 0.717) is 0 Å². The summed E-state index contributed by atoms with van der Waals surface area (Å²) in [5.41, 5.74) is 5.67. The largest absolute Gasteiger partial charge is 0.443 e. The highest BCUT2D eigenvalue weighted by atomic mass is 16.7. The maximum Gasteiger partial charge on any atom is 0.356 e. The molecule has 3 aromatic rings. The Morgan fingerprint density at radius 3 is 2.62 bits per heavy atom. The number of hydrogen-bond acceptors (Lipinski definition) is 7. The zero-order chi connectivity index (χ0) is 16.7. The molecule has 1 aromatic carbocycles. The number of benzene rings is 1. The molecule has 122 valence electrons. The molecule has 0 fully saturated rings. The van der Waals surface area contributed by atoms with E-state index in [1.165, 1.54) is 12.3 Å². The monoisotopic (exact) mass is 327 g/mol. The first-order valence-corrected chi connectivity index (χ1v) is 7.17. The minimum absolute atomic E-state index is 0.0879. The van der Waals surface area contributed by atoms with E-state index in [4.69, 9.17) is 19.6 Å². The van der Waals surface area contributed by atoms with E-state index in [2.05, 4.69) is 4.98 Å². The van der Waals surface area contributed by atoms with Crippen LogP contribution in [0.4, 0.5) is 5.82 Å².